The summed E-state index contributed by atoms with van der Waals surface area (Å²) in [6, 6.07) is 8.95. The van der Waals surface area contributed by atoms with Gasteiger partial charge in [0.15, 0.2) is 0 Å². The lowest BCUT2D eigenvalue weighted by Gasteiger charge is -2.05. The Bertz CT molecular complexity index is 823. The van der Waals surface area contributed by atoms with E-state index in [2.05, 4.69) is 9.97 Å². The summed E-state index contributed by atoms with van der Waals surface area (Å²) in [4.78, 5) is 20.4. The van der Waals surface area contributed by atoms with Crippen molar-refractivity contribution < 1.29 is 14.3 Å². The minimum atomic E-state index is -1.05. The smallest absolute Gasteiger partial charge is 0.354 e. The van der Waals surface area contributed by atoms with Gasteiger partial charge in [0.2, 0.25) is 0 Å². The molecule has 3 aromatic rings. The van der Waals surface area contributed by atoms with E-state index in [1.807, 2.05) is 32.0 Å². The monoisotopic (exact) mass is 300 g/mol. The highest BCUT2D eigenvalue weighted by Crippen LogP contribution is 2.33. The molecule has 0 saturated carbocycles. The first-order valence-corrected chi connectivity index (χ1v) is 7.11. The summed E-state index contributed by atoms with van der Waals surface area (Å²) in [6.45, 7) is 3.72. The Kier molecular flexibility index (Phi) is 3.39. The first kappa shape index (κ1) is 13.6. The number of fused-ring (bicyclic) bond motifs is 1. The van der Waals surface area contributed by atoms with Crippen LogP contribution in [0.1, 0.15) is 21.9 Å². The second-order valence-corrected chi connectivity index (χ2v) is 5.54. The molecule has 1 N–H and O–H groups in total. The van der Waals surface area contributed by atoms with E-state index in [0.29, 0.717) is 10.7 Å². The van der Waals surface area contributed by atoms with Crippen molar-refractivity contribution in [3.05, 3.63) is 47.5 Å². The number of hydrogen-bond acceptors (Lipinski definition) is 5. The van der Waals surface area contributed by atoms with Gasteiger partial charge in [0.1, 0.15) is 11.5 Å². The first-order valence-electron chi connectivity index (χ1n) is 6.29. The van der Waals surface area contributed by atoms with E-state index >= 15 is 0 Å². The molecule has 6 heteroatoms. The molecule has 3 rings (SSSR count). The number of nitrogens with zero attached hydrogens (tertiary/aromatic N) is 2. The molecule has 0 atom stereocenters. The third-order valence-electron chi connectivity index (χ3n) is 3.10. The van der Waals surface area contributed by atoms with Gasteiger partial charge in [-0.25, -0.2) is 14.8 Å². The van der Waals surface area contributed by atoms with Gasteiger partial charge in [-0.05, 0) is 37.7 Å². The highest BCUT2D eigenvalue weighted by atomic mass is 32.2. The lowest BCUT2D eigenvalue weighted by molar-refractivity contribution is 0.0690. The first-order chi connectivity index (χ1) is 10.0. The van der Waals surface area contributed by atoms with E-state index in [4.69, 9.17) is 4.42 Å². The van der Waals surface area contributed by atoms with Gasteiger partial charge in [-0.15, -0.1) is 0 Å². The normalized spacial score (nSPS) is 11.0. The number of aryl methyl sites for hydroxylation is 2. The number of benzene rings is 1. The third-order valence-corrected chi connectivity index (χ3v) is 4.01. The van der Waals surface area contributed by atoms with Crippen LogP contribution >= 0.6 is 11.8 Å². The minimum absolute atomic E-state index is 0.0104. The number of aromatic nitrogens is 2. The van der Waals surface area contributed by atoms with Gasteiger partial charge in [0.05, 0.1) is 11.2 Å². The summed E-state index contributed by atoms with van der Waals surface area (Å²) >= 11 is 1.30. The third kappa shape index (κ3) is 2.62. The minimum Gasteiger partial charge on any atom is -0.477 e. The Labute approximate surface area is 125 Å². The van der Waals surface area contributed by atoms with Crippen molar-refractivity contribution in [3.63, 3.8) is 0 Å². The molecular formula is C15H12N2O3S. The van der Waals surface area contributed by atoms with E-state index < -0.39 is 5.97 Å². The zero-order valence-electron chi connectivity index (χ0n) is 11.5. The molecule has 0 aliphatic carbocycles. The summed E-state index contributed by atoms with van der Waals surface area (Å²) in [6.07, 6.45) is 0. The maximum absolute atomic E-state index is 11.2. The molecule has 0 fully saturated rings. The van der Waals surface area contributed by atoms with Crippen LogP contribution in [0.25, 0.3) is 10.9 Å². The van der Waals surface area contributed by atoms with E-state index in [-0.39, 0.29) is 5.69 Å². The second-order valence-electron chi connectivity index (χ2n) is 4.55. The van der Waals surface area contributed by atoms with Gasteiger partial charge in [-0.3, -0.25) is 0 Å². The number of para-hydroxylation sites is 1. The van der Waals surface area contributed by atoms with Gasteiger partial charge in [0.25, 0.3) is 5.22 Å². The summed E-state index contributed by atoms with van der Waals surface area (Å²) in [5.74, 6) is -0.295. The molecule has 0 bridgehead atoms. The number of oxazole rings is 1. The largest absolute Gasteiger partial charge is 0.477 e. The lowest BCUT2D eigenvalue weighted by atomic mass is 10.2. The highest BCUT2D eigenvalue weighted by Gasteiger charge is 2.14. The fraction of sp³-hybridized carbons (Fsp3) is 0.133. The summed E-state index contributed by atoms with van der Waals surface area (Å²) < 4.78 is 5.55. The van der Waals surface area contributed by atoms with Crippen LogP contribution in [0.2, 0.25) is 0 Å². The molecule has 0 amide bonds. The zero-order valence-corrected chi connectivity index (χ0v) is 12.3. The van der Waals surface area contributed by atoms with Gasteiger partial charge >= 0.3 is 5.97 Å². The van der Waals surface area contributed by atoms with Gasteiger partial charge < -0.3 is 9.52 Å². The van der Waals surface area contributed by atoms with E-state index in [0.717, 1.165) is 21.7 Å². The van der Waals surface area contributed by atoms with Crippen LogP contribution in [-0.4, -0.2) is 21.0 Å². The number of carboxylic acids is 1. The van der Waals surface area contributed by atoms with Crippen LogP contribution in [0.3, 0.4) is 0 Å². The molecule has 0 aliphatic heterocycles. The Balaban J connectivity index is 2.13. The Hall–Kier alpha value is -2.34. The number of carboxylic acid groups (broad SMARTS) is 1. The van der Waals surface area contributed by atoms with Gasteiger partial charge in [-0.1, -0.05) is 18.2 Å². The van der Waals surface area contributed by atoms with Crippen LogP contribution in [0.4, 0.5) is 0 Å². The van der Waals surface area contributed by atoms with Crippen LogP contribution in [0.15, 0.2) is 44.9 Å². The molecule has 0 spiro atoms. The Morgan fingerprint density at radius 2 is 2.00 bits per heavy atom. The standard InChI is InChI=1S/C15H12N2O3S/c1-8-9(2)20-15(16-8)21-13-7-12(14(18)19)17-11-6-4-3-5-10(11)13/h3-7H,1-2H3,(H,18,19). The zero-order chi connectivity index (χ0) is 15.0. The number of aromatic carboxylic acids is 1. The maximum Gasteiger partial charge on any atom is 0.354 e. The van der Waals surface area contributed by atoms with Crippen LogP contribution in [0, 0.1) is 13.8 Å². The quantitative estimate of drug-likeness (QED) is 0.795. The molecule has 2 heterocycles. The van der Waals surface area contributed by atoms with Crippen LogP contribution < -0.4 is 0 Å². The van der Waals surface area contributed by atoms with E-state index in [9.17, 15) is 9.90 Å². The molecule has 0 saturated heterocycles. The van der Waals surface area contributed by atoms with Crippen molar-refractivity contribution in [1.29, 1.82) is 0 Å². The Morgan fingerprint density at radius 3 is 2.67 bits per heavy atom. The Morgan fingerprint density at radius 1 is 1.24 bits per heavy atom. The fourth-order valence-corrected chi connectivity index (χ4v) is 2.91. The average Bonchev–Trinajstić information content (AvgIpc) is 2.77. The maximum atomic E-state index is 11.2. The van der Waals surface area contributed by atoms with Crippen LogP contribution in [-0.2, 0) is 0 Å². The van der Waals surface area contributed by atoms with Crippen LogP contribution in [0.5, 0.6) is 0 Å². The lowest BCUT2D eigenvalue weighted by Crippen LogP contribution is -2.00. The molecule has 2 aromatic heterocycles. The predicted octanol–water partition coefficient (Wildman–Crippen LogP) is 3.69. The van der Waals surface area contributed by atoms with E-state index in [1.54, 1.807) is 12.1 Å². The SMILES string of the molecule is Cc1nc(Sc2cc(C(=O)O)nc3ccccc23)oc1C. The van der Waals surface area contributed by atoms with Crippen molar-refractivity contribution in [2.24, 2.45) is 0 Å². The molecule has 21 heavy (non-hydrogen) atoms. The number of pyridine rings is 1. The summed E-state index contributed by atoms with van der Waals surface area (Å²) in [5, 5.41) is 10.5. The van der Waals surface area contributed by atoms with Gasteiger partial charge in [0, 0.05) is 10.3 Å². The molecule has 5 nitrogen and oxygen atoms in total. The average molecular weight is 300 g/mol. The van der Waals surface area contributed by atoms with E-state index in [1.165, 1.54) is 11.8 Å². The van der Waals surface area contributed by atoms with Crippen molar-refractivity contribution >= 4 is 28.6 Å². The topological polar surface area (TPSA) is 76.2 Å². The molecule has 1 aromatic carbocycles. The van der Waals surface area contributed by atoms with Gasteiger partial charge in [-0.2, -0.15) is 0 Å². The van der Waals surface area contributed by atoms with Crippen molar-refractivity contribution in [2.45, 2.75) is 24.0 Å². The fourth-order valence-electron chi connectivity index (χ4n) is 1.92. The molecule has 0 aliphatic rings. The van der Waals surface area contributed by atoms with Crippen molar-refractivity contribution in [2.75, 3.05) is 0 Å². The second kappa shape index (κ2) is 5.21. The molecule has 0 radical (unpaired) electrons. The number of hydrogen-bond donors (Lipinski definition) is 1. The van der Waals surface area contributed by atoms with Crippen molar-refractivity contribution in [3.8, 4) is 0 Å². The summed E-state index contributed by atoms with van der Waals surface area (Å²) in [5.41, 5.74) is 1.48. The highest BCUT2D eigenvalue weighted by molar-refractivity contribution is 7.99. The molecule has 106 valence electrons. The summed E-state index contributed by atoms with van der Waals surface area (Å²) in [7, 11) is 0. The predicted molar refractivity (Wildman–Crippen MR) is 78.8 cm³/mol. The molecule has 0 unspecified atom stereocenters. The number of rotatable bonds is 3. The molecular weight excluding hydrogens is 288 g/mol. The van der Waals surface area contributed by atoms with Crippen molar-refractivity contribution in [1.82, 2.24) is 9.97 Å². The number of carbonyl (C=O) groups is 1.